The van der Waals surface area contributed by atoms with Crippen molar-refractivity contribution in [3.63, 3.8) is 0 Å². The van der Waals surface area contributed by atoms with Gasteiger partial charge in [0.2, 0.25) is 0 Å². The zero-order chi connectivity index (χ0) is 16.8. The van der Waals surface area contributed by atoms with Gasteiger partial charge < -0.3 is 5.21 Å². The molecule has 0 fully saturated rings. The van der Waals surface area contributed by atoms with Crippen LogP contribution < -0.4 is 5.43 Å². The van der Waals surface area contributed by atoms with Crippen molar-refractivity contribution in [2.45, 2.75) is 0 Å². The van der Waals surface area contributed by atoms with Crippen molar-refractivity contribution in [3.05, 3.63) is 69.5 Å². The molecule has 0 aliphatic heterocycles. The molecule has 2 rings (SSSR count). The van der Waals surface area contributed by atoms with Gasteiger partial charge in [-0.2, -0.15) is 5.10 Å². The number of benzene rings is 2. The van der Waals surface area contributed by atoms with Crippen molar-refractivity contribution in [1.82, 2.24) is 5.43 Å². The SMILES string of the molecule is O=C(NN=C(C=NO)c1ccc(F)c(Cl)c1)c1cccc(Cl)c1. The minimum Gasteiger partial charge on any atom is -0.411 e. The molecule has 0 heterocycles. The minimum atomic E-state index is -0.598. The van der Waals surface area contributed by atoms with Crippen LogP contribution in [-0.4, -0.2) is 23.0 Å². The summed E-state index contributed by atoms with van der Waals surface area (Å²) in [5.41, 5.74) is 3.05. The molecule has 0 bridgehead atoms. The quantitative estimate of drug-likeness (QED) is 0.499. The Morgan fingerprint density at radius 1 is 1.17 bits per heavy atom. The number of hydrazone groups is 1. The third-order valence-electron chi connectivity index (χ3n) is 2.76. The zero-order valence-electron chi connectivity index (χ0n) is 11.5. The van der Waals surface area contributed by atoms with E-state index in [1.165, 1.54) is 18.2 Å². The first-order valence-electron chi connectivity index (χ1n) is 6.27. The van der Waals surface area contributed by atoms with E-state index < -0.39 is 11.7 Å². The average molecular weight is 354 g/mol. The molecule has 0 unspecified atom stereocenters. The number of oxime groups is 1. The fourth-order valence-corrected chi connectivity index (χ4v) is 2.05. The second-order valence-electron chi connectivity index (χ2n) is 4.32. The second kappa shape index (κ2) is 7.71. The number of carbonyl (C=O) groups is 1. The number of hydrogen-bond donors (Lipinski definition) is 2. The Balaban J connectivity index is 2.25. The number of rotatable bonds is 4. The smallest absolute Gasteiger partial charge is 0.271 e. The van der Waals surface area contributed by atoms with E-state index in [9.17, 15) is 9.18 Å². The van der Waals surface area contributed by atoms with E-state index >= 15 is 0 Å². The number of nitrogens with zero attached hydrogens (tertiary/aromatic N) is 2. The summed E-state index contributed by atoms with van der Waals surface area (Å²) in [4.78, 5) is 12.0. The Labute approximate surface area is 141 Å². The van der Waals surface area contributed by atoms with Crippen LogP contribution in [0, 0.1) is 5.82 Å². The largest absolute Gasteiger partial charge is 0.411 e. The zero-order valence-corrected chi connectivity index (χ0v) is 13.0. The van der Waals surface area contributed by atoms with Gasteiger partial charge in [-0.05, 0) is 36.4 Å². The number of carbonyl (C=O) groups excluding carboxylic acids is 1. The molecule has 0 saturated heterocycles. The summed E-state index contributed by atoms with van der Waals surface area (Å²) < 4.78 is 13.2. The molecule has 118 valence electrons. The maximum Gasteiger partial charge on any atom is 0.271 e. The van der Waals surface area contributed by atoms with Crippen LogP contribution in [0.4, 0.5) is 4.39 Å². The molecule has 1 amide bonds. The molecular weight excluding hydrogens is 344 g/mol. The fourth-order valence-electron chi connectivity index (χ4n) is 1.68. The van der Waals surface area contributed by atoms with Crippen LogP contribution >= 0.6 is 23.2 Å². The molecular formula is C15H10Cl2FN3O2. The highest BCUT2D eigenvalue weighted by molar-refractivity contribution is 6.39. The van der Waals surface area contributed by atoms with Crippen molar-refractivity contribution in [2.75, 3.05) is 0 Å². The highest BCUT2D eigenvalue weighted by Gasteiger charge is 2.09. The van der Waals surface area contributed by atoms with Crippen molar-refractivity contribution < 1.29 is 14.4 Å². The van der Waals surface area contributed by atoms with Crippen molar-refractivity contribution in [2.24, 2.45) is 10.3 Å². The molecule has 2 aromatic carbocycles. The van der Waals surface area contributed by atoms with Gasteiger partial charge in [0.25, 0.3) is 5.91 Å². The summed E-state index contributed by atoms with van der Waals surface area (Å²) in [6.45, 7) is 0. The van der Waals surface area contributed by atoms with Gasteiger partial charge in [-0.1, -0.05) is 34.4 Å². The first-order chi connectivity index (χ1) is 11.0. The Morgan fingerprint density at radius 2 is 1.96 bits per heavy atom. The molecule has 0 radical (unpaired) electrons. The Kier molecular flexibility index (Phi) is 5.67. The predicted octanol–water partition coefficient (Wildman–Crippen LogP) is 3.73. The predicted molar refractivity (Wildman–Crippen MR) is 87.1 cm³/mol. The van der Waals surface area contributed by atoms with Gasteiger partial charge in [-0.15, -0.1) is 0 Å². The molecule has 23 heavy (non-hydrogen) atoms. The summed E-state index contributed by atoms with van der Waals surface area (Å²) in [7, 11) is 0. The number of halogens is 3. The highest BCUT2D eigenvalue weighted by Crippen LogP contribution is 2.16. The maximum atomic E-state index is 13.2. The molecule has 2 aromatic rings. The third-order valence-corrected chi connectivity index (χ3v) is 3.28. The number of amides is 1. The third kappa shape index (κ3) is 4.51. The lowest BCUT2D eigenvalue weighted by atomic mass is 10.1. The average Bonchev–Trinajstić information content (AvgIpc) is 2.54. The van der Waals surface area contributed by atoms with Crippen LogP contribution in [0.25, 0.3) is 0 Å². The summed E-state index contributed by atoms with van der Waals surface area (Å²) in [5, 5.41) is 15.7. The first kappa shape index (κ1) is 16.9. The van der Waals surface area contributed by atoms with E-state index in [0.29, 0.717) is 16.1 Å². The van der Waals surface area contributed by atoms with Crippen molar-refractivity contribution in [1.29, 1.82) is 0 Å². The lowest BCUT2D eigenvalue weighted by molar-refractivity contribution is 0.0955. The molecule has 0 atom stereocenters. The molecule has 0 aromatic heterocycles. The molecule has 5 nitrogen and oxygen atoms in total. The second-order valence-corrected chi connectivity index (χ2v) is 5.17. The molecule has 2 N–H and O–H groups in total. The summed E-state index contributed by atoms with van der Waals surface area (Å²) in [5.74, 6) is -1.11. The van der Waals surface area contributed by atoms with Crippen LogP contribution in [0.2, 0.25) is 10.0 Å². The van der Waals surface area contributed by atoms with Crippen LogP contribution in [0.3, 0.4) is 0 Å². The lowest BCUT2D eigenvalue weighted by Gasteiger charge is -2.04. The highest BCUT2D eigenvalue weighted by atomic mass is 35.5. The van der Waals surface area contributed by atoms with Crippen LogP contribution in [0.1, 0.15) is 15.9 Å². The van der Waals surface area contributed by atoms with E-state index in [-0.39, 0.29) is 10.7 Å². The minimum absolute atomic E-state index is 0.0878. The summed E-state index contributed by atoms with van der Waals surface area (Å²) in [6.07, 6.45) is 0.988. The normalized spacial score (nSPS) is 11.7. The topological polar surface area (TPSA) is 74.0 Å². The Hall–Kier alpha value is -2.44. The molecule has 0 aliphatic rings. The van der Waals surface area contributed by atoms with Gasteiger partial charge in [-0.3, -0.25) is 4.79 Å². The summed E-state index contributed by atoms with van der Waals surface area (Å²) in [6, 6.07) is 10.1. The Bertz CT molecular complexity index is 794. The first-order valence-corrected chi connectivity index (χ1v) is 7.03. The number of nitrogens with one attached hydrogen (secondary N) is 1. The molecule has 0 saturated carbocycles. The van der Waals surface area contributed by atoms with E-state index in [4.69, 9.17) is 28.4 Å². The summed E-state index contributed by atoms with van der Waals surface area (Å²) >= 11 is 11.5. The van der Waals surface area contributed by atoms with Gasteiger partial charge in [0.15, 0.2) is 0 Å². The molecule has 0 aliphatic carbocycles. The van der Waals surface area contributed by atoms with E-state index in [2.05, 4.69) is 15.7 Å². The van der Waals surface area contributed by atoms with Crippen molar-refractivity contribution in [3.8, 4) is 0 Å². The van der Waals surface area contributed by atoms with E-state index in [0.717, 1.165) is 12.3 Å². The monoisotopic (exact) mass is 353 g/mol. The standard InChI is InChI=1S/C15H10Cl2FN3O2/c16-11-3-1-2-10(6-11)15(22)21-20-14(8-19-23)9-4-5-13(18)12(17)7-9/h1-8,23H,(H,21,22). The van der Waals surface area contributed by atoms with E-state index in [1.54, 1.807) is 18.2 Å². The fraction of sp³-hybridized carbons (Fsp3) is 0. The Morgan fingerprint density at radius 3 is 2.61 bits per heavy atom. The van der Waals surface area contributed by atoms with Gasteiger partial charge in [0, 0.05) is 16.1 Å². The van der Waals surface area contributed by atoms with Crippen LogP contribution in [-0.2, 0) is 0 Å². The van der Waals surface area contributed by atoms with Gasteiger partial charge in [0.05, 0.1) is 11.2 Å². The van der Waals surface area contributed by atoms with Gasteiger partial charge >= 0.3 is 0 Å². The molecule has 8 heteroatoms. The molecule has 0 spiro atoms. The van der Waals surface area contributed by atoms with Gasteiger partial charge in [-0.25, -0.2) is 9.82 Å². The van der Waals surface area contributed by atoms with Crippen molar-refractivity contribution >= 4 is 41.0 Å². The number of hydrogen-bond acceptors (Lipinski definition) is 4. The van der Waals surface area contributed by atoms with Crippen LogP contribution in [0.15, 0.2) is 52.7 Å². The lowest BCUT2D eigenvalue weighted by Crippen LogP contribution is -2.20. The van der Waals surface area contributed by atoms with E-state index in [1.807, 2.05) is 0 Å². The maximum absolute atomic E-state index is 13.2. The van der Waals surface area contributed by atoms with Gasteiger partial charge in [0.1, 0.15) is 11.5 Å². The van der Waals surface area contributed by atoms with Crippen LogP contribution in [0.5, 0.6) is 0 Å².